The molecule has 0 aliphatic rings. The number of unbranched alkanes of at least 4 members (excludes halogenated alkanes) is 41. The van der Waals surface area contributed by atoms with Gasteiger partial charge < -0.3 is 14.2 Å². The molecule has 0 fully saturated rings. The van der Waals surface area contributed by atoms with E-state index < -0.39 is 6.10 Å². The zero-order valence-electron chi connectivity index (χ0n) is 44.5. The molecule has 6 nitrogen and oxygen atoms in total. The van der Waals surface area contributed by atoms with Crippen molar-refractivity contribution in [1.82, 2.24) is 0 Å². The van der Waals surface area contributed by atoms with E-state index in [0.29, 0.717) is 19.3 Å². The summed E-state index contributed by atoms with van der Waals surface area (Å²) in [6, 6.07) is 0. The van der Waals surface area contributed by atoms with Crippen LogP contribution in [-0.2, 0) is 28.6 Å². The normalized spacial score (nSPS) is 12.0. The Balaban J connectivity index is 4.29. The lowest BCUT2D eigenvalue weighted by Crippen LogP contribution is -2.30. The fourth-order valence-electron chi connectivity index (χ4n) is 9.10. The summed E-state index contributed by atoms with van der Waals surface area (Å²) in [5, 5.41) is 0. The van der Waals surface area contributed by atoms with Gasteiger partial charge in [0.05, 0.1) is 0 Å². The first-order chi connectivity index (χ1) is 31.9. The summed E-state index contributed by atoms with van der Waals surface area (Å²) in [7, 11) is 0. The minimum atomic E-state index is -0.762. The van der Waals surface area contributed by atoms with E-state index in [4.69, 9.17) is 14.2 Å². The van der Waals surface area contributed by atoms with Crippen LogP contribution in [0.15, 0.2) is 0 Å². The van der Waals surface area contributed by atoms with Crippen LogP contribution in [0.5, 0.6) is 0 Å². The fraction of sp³-hybridized carbons (Fsp3) is 0.949. The average molecular weight is 920 g/mol. The summed E-state index contributed by atoms with van der Waals surface area (Å²) in [6.45, 7) is 9.07. The lowest BCUT2D eigenvalue weighted by molar-refractivity contribution is -0.167. The summed E-state index contributed by atoms with van der Waals surface area (Å²) >= 11 is 0. The molecule has 0 aromatic carbocycles. The molecule has 0 aliphatic heterocycles. The van der Waals surface area contributed by atoms with Crippen LogP contribution in [0.3, 0.4) is 0 Å². The molecule has 0 rings (SSSR count). The molecule has 0 saturated heterocycles. The summed E-state index contributed by atoms with van der Waals surface area (Å²) in [6.07, 6.45) is 58.0. The summed E-state index contributed by atoms with van der Waals surface area (Å²) < 4.78 is 16.9. The van der Waals surface area contributed by atoms with Gasteiger partial charge in [0.25, 0.3) is 0 Å². The van der Waals surface area contributed by atoms with Crippen molar-refractivity contribution in [3.8, 4) is 0 Å². The predicted octanol–water partition coefficient (Wildman–Crippen LogP) is 19.4. The van der Waals surface area contributed by atoms with Crippen molar-refractivity contribution in [2.75, 3.05) is 13.2 Å². The van der Waals surface area contributed by atoms with E-state index in [2.05, 4.69) is 27.7 Å². The van der Waals surface area contributed by atoms with Crippen molar-refractivity contribution in [1.29, 1.82) is 0 Å². The number of hydrogen-bond acceptors (Lipinski definition) is 6. The molecule has 0 radical (unpaired) electrons. The topological polar surface area (TPSA) is 78.9 Å². The number of hydrogen-bond donors (Lipinski definition) is 0. The molecule has 65 heavy (non-hydrogen) atoms. The average Bonchev–Trinajstić information content (AvgIpc) is 3.29. The highest BCUT2D eigenvalue weighted by Crippen LogP contribution is 2.18. The third kappa shape index (κ3) is 53.2. The molecule has 6 heteroatoms. The first kappa shape index (κ1) is 63.4. The highest BCUT2D eigenvalue weighted by molar-refractivity contribution is 5.71. The Bertz CT molecular complexity index is 980. The number of esters is 3. The predicted molar refractivity (Wildman–Crippen MR) is 280 cm³/mol. The van der Waals surface area contributed by atoms with Gasteiger partial charge in [-0.1, -0.05) is 297 Å². The molecular formula is C59H114O6. The Morgan fingerprint density at radius 3 is 0.754 bits per heavy atom. The first-order valence-electron chi connectivity index (χ1n) is 29.4. The SMILES string of the molecule is CCCCCCCCCCCCCCCCCCCC(=O)O[C@@H](COC(=O)CCCCCCCCCCCCCCCC)COC(=O)CCCCCCCCCCCCCCCC(C)C. The first-order valence-corrected chi connectivity index (χ1v) is 29.4. The molecule has 0 aliphatic carbocycles. The van der Waals surface area contributed by atoms with Crippen LogP contribution in [0, 0.1) is 5.92 Å². The second kappa shape index (κ2) is 53.4. The van der Waals surface area contributed by atoms with Crippen LogP contribution >= 0.6 is 0 Å². The smallest absolute Gasteiger partial charge is 0.306 e. The van der Waals surface area contributed by atoms with Gasteiger partial charge in [0.2, 0.25) is 0 Å². The Hall–Kier alpha value is -1.59. The van der Waals surface area contributed by atoms with Crippen LogP contribution in [0.25, 0.3) is 0 Å². The number of carbonyl (C=O) groups excluding carboxylic acids is 3. The zero-order chi connectivity index (χ0) is 47.4. The van der Waals surface area contributed by atoms with E-state index in [1.54, 1.807) is 0 Å². The van der Waals surface area contributed by atoms with Crippen LogP contribution in [0.4, 0.5) is 0 Å². The largest absolute Gasteiger partial charge is 0.462 e. The monoisotopic (exact) mass is 919 g/mol. The molecule has 0 amide bonds. The van der Waals surface area contributed by atoms with Crippen LogP contribution in [0.1, 0.15) is 336 Å². The van der Waals surface area contributed by atoms with E-state index in [-0.39, 0.29) is 31.1 Å². The van der Waals surface area contributed by atoms with E-state index >= 15 is 0 Å². The lowest BCUT2D eigenvalue weighted by atomic mass is 10.0. The molecule has 386 valence electrons. The highest BCUT2D eigenvalue weighted by Gasteiger charge is 2.19. The number of rotatable bonds is 54. The van der Waals surface area contributed by atoms with Gasteiger partial charge in [-0.3, -0.25) is 14.4 Å². The third-order valence-electron chi connectivity index (χ3n) is 13.5. The van der Waals surface area contributed by atoms with Gasteiger partial charge in [-0.15, -0.1) is 0 Å². The molecule has 1 atom stereocenters. The summed E-state index contributed by atoms with van der Waals surface area (Å²) in [5.41, 5.74) is 0. The minimum absolute atomic E-state index is 0.0617. The molecule has 0 aromatic rings. The van der Waals surface area contributed by atoms with Crippen molar-refractivity contribution >= 4 is 17.9 Å². The van der Waals surface area contributed by atoms with E-state index in [9.17, 15) is 14.4 Å². The molecule has 0 aromatic heterocycles. The van der Waals surface area contributed by atoms with Crippen molar-refractivity contribution in [3.05, 3.63) is 0 Å². The zero-order valence-corrected chi connectivity index (χ0v) is 44.5. The molecule has 0 spiro atoms. The molecule has 0 saturated carbocycles. The highest BCUT2D eigenvalue weighted by atomic mass is 16.6. The van der Waals surface area contributed by atoms with Gasteiger partial charge in [0.1, 0.15) is 13.2 Å². The maximum absolute atomic E-state index is 12.9. The maximum Gasteiger partial charge on any atom is 0.306 e. The van der Waals surface area contributed by atoms with Gasteiger partial charge in [-0.05, 0) is 25.2 Å². The van der Waals surface area contributed by atoms with Crippen LogP contribution < -0.4 is 0 Å². The standard InChI is InChI=1S/C59H114O6/c1-5-7-9-11-13-15-17-19-21-22-23-27-32-36-40-44-48-52-59(62)65-56(53-63-57(60)50-46-42-38-34-30-26-20-18-16-14-12-10-8-6-2)54-64-58(61)51-47-43-39-35-31-28-24-25-29-33-37-41-45-49-55(3)4/h55-56H,5-54H2,1-4H3/t56-/m0/s1. The van der Waals surface area contributed by atoms with Gasteiger partial charge >= 0.3 is 17.9 Å². The minimum Gasteiger partial charge on any atom is -0.462 e. The second-order valence-corrected chi connectivity index (χ2v) is 20.8. The van der Waals surface area contributed by atoms with Crippen molar-refractivity contribution in [3.63, 3.8) is 0 Å². The third-order valence-corrected chi connectivity index (χ3v) is 13.5. The Kier molecular flexibility index (Phi) is 52.1. The van der Waals surface area contributed by atoms with Gasteiger partial charge in [-0.25, -0.2) is 0 Å². The molecule has 0 bridgehead atoms. The lowest BCUT2D eigenvalue weighted by Gasteiger charge is -2.18. The van der Waals surface area contributed by atoms with Crippen molar-refractivity contribution in [2.24, 2.45) is 5.92 Å². The summed E-state index contributed by atoms with van der Waals surface area (Å²) in [4.78, 5) is 38.2. The second-order valence-electron chi connectivity index (χ2n) is 20.8. The summed E-state index contributed by atoms with van der Waals surface area (Å²) in [5.74, 6) is 0.00615. The number of ether oxygens (including phenoxy) is 3. The Morgan fingerprint density at radius 2 is 0.508 bits per heavy atom. The molecule has 0 unspecified atom stereocenters. The van der Waals surface area contributed by atoms with Crippen LogP contribution in [-0.4, -0.2) is 37.2 Å². The van der Waals surface area contributed by atoms with Gasteiger partial charge in [0, 0.05) is 19.3 Å². The van der Waals surface area contributed by atoms with Crippen molar-refractivity contribution < 1.29 is 28.6 Å². The van der Waals surface area contributed by atoms with E-state index in [1.165, 1.54) is 231 Å². The Morgan fingerprint density at radius 1 is 0.292 bits per heavy atom. The van der Waals surface area contributed by atoms with E-state index in [0.717, 1.165) is 63.7 Å². The molecular weight excluding hydrogens is 805 g/mol. The van der Waals surface area contributed by atoms with Crippen LogP contribution in [0.2, 0.25) is 0 Å². The molecule has 0 heterocycles. The Labute approximate surface area is 406 Å². The van der Waals surface area contributed by atoms with Gasteiger partial charge in [-0.2, -0.15) is 0 Å². The quantitative estimate of drug-likeness (QED) is 0.0344. The van der Waals surface area contributed by atoms with Crippen molar-refractivity contribution in [2.45, 2.75) is 342 Å². The van der Waals surface area contributed by atoms with Gasteiger partial charge in [0.15, 0.2) is 6.10 Å². The number of carbonyl (C=O) groups is 3. The maximum atomic E-state index is 12.9. The fourth-order valence-corrected chi connectivity index (χ4v) is 9.10. The van der Waals surface area contributed by atoms with E-state index in [1.807, 2.05) is 0 Å². The molecule has 0 N–H and O–H groups in total.